The van der Waals surface area contributed by atoms with Gasteiger partial charge in [0.05, 0.1) is 10.9 Å². The first-order valence-corrected chi connectivity index (χ1v) is 10.1. The van der Waals surface area contributed by atoms with Crippen molar-refractivity contribution >= 4 is 34.3 Å². The summed E-state index contributed by atoms with van der Waals surface area (Å²) >= 11 is 1.19. The Hall–Kier alpha value is -3.45. The van der Waals surface area contributed by atoms with Gasteiger partial charge in [-0.3, -0.25) is 14.2 Å². The third-order valence-corrected chi connectivity index (χ3v) is 5.92. The number of halogens is 1. The summed E-state index contributed by atoms with van der Waals surface area (Å²) in [6.07, 6.45) is 0. The highest BCUT2D eigenvalue weighted by Crippen LogP contribution is 2.35. The Morgan fingerprint density at radius 1 is 1.00 bits per heavy atom. The summed E-state index contributed by atoms with van der Waals surface area (Å²) in [5.41, 5.74) is 1.66. The van der Waals surface area contributed by atoms with Crippen LogP contribution in [-0.2, 0) is 11.8 Å². The number of nitrogens with one attached hydrogen (secondary N) is 1. The van der Waals surface area contributed by atoms with E-state index in [0.29, 0.717) is 21.7 Å². The molecule has 0 radical (unpaired) electrons. The Morgan fingerprint density at radius 2 is 1.67 bits per heavy atom. The van der Waals surface area contributed by atoms with Crippen LogP contribution in [0.2, 0.25) is 0 Å². The topological polar surface area (TPSA) is 64.0 Å². The van der Waals surface area contributed by atoms with Crippen LogP contribution in [0.5, 0.6) is 0 Å². The predicted octanol–water partition coefficient (Wildman–Crippen LogP) is 4.54. The van der Waals surface area contributed by atoms with Gasteiger partial charge < -0.3 is 5.32 Å². The molecule has 0 spiro atoms. The molecule has 0 saturated carbocycles. The fourth-order valence-electron chi connectivity index (χ4n) is 3.05. The number of aromatic nitrogens is 2. The maximum atomic E-state index is 13.2. The molecule has 1 N–H and O–H groups in total. The highest BCUT2D eigenvalue weighted by Gasteiger charge is 2.24. The van der Waals surface area contributed by atoms with Gasteiger partial charge in [-0.2, -0.15) is 0 Å². The van der Waals surface area contributed by atoms with E-state index >= 15 is 0 Å². The van der Waals surface area contributed by atoms with E-state index in [1.54, 1.807) is 25.2 Å². The van der Waals surface area contributed by atoms with Crippen LogP contribution in [0.3, 0.4) is 0 Å². The number of para-hydroxylation sites is 1. The molecule has 0 saturated heterocycles. The lowest BCUT2D eigenvalue weighted by atomic mass is 10.1. The van der Waals surface area contributed by atoms with E-state index in [4.69, 9.17) is 0 Å². The van der Waals surface area contributed by atoms with E-state index in [0.717, 1.165) is 5.56 Å². The molecule has 7 heteroatoms. The van der Waals surface area contributed by atoms with Crippen molar-refractivity contribution in [3.8, 4) is 0 Å². The zero-order chi connectivity index (χ0) is 21.1. The number of carbonyl (C=O) groups is 1. The summed E-state index contributed by atoms with van der Waals surface area (Å²) in [4.78, 5) is 30.5. The number of amides is 1. The lowest BCUT2D eigenvalue weighted by molar-refractivity contribution is -0.115. The number of fused-ring (bicyclic) bond motifs is 1. The van der Waals surface area contributed by atoms with Crippen LogP contribution < -0.4 is 10.9 Å². The molecule has 1 amide bonds. The van der Waals surface area contributed by atoms with Crippen molar-refractivity contribution in [2.75, 3.05) is 5.32 Å². The van der Waals surface area contributed by atoms with Crippen LogP contribution in [-0.4, -0.2) is 15.5 Å². The summed E-state index contributed by atoms with van der Waals surface area (Å²) in [6.45, 7) is 0. The second kappa shape index (κ2) is 8.51. The molecule has 30 heavy (non-hydrogen) atoms. The van der Waals surface area contributed by atoms with Gasteiger partial charge in [-0.05, 0) is 42.0 Å². The molecule has 1 atom stereocenters. The Labute approximate surface area is 176 Å². The molecule has 5 nitrogen and oxygen atoms in total. The van der Waals surface area contributed by atoms with Gasteiger partial charge in [-0.25, -0.2) is 9.37 Å². The van der Waals surface area contributed by atoms with Crippen molar-refractivity contribution < 1.29 is 9.18 Å². The van der Waals surface area contributed by atoms with Gasteiger partial charge in [0.2, 0.25) is 5.91 Å². The third-order valence-electron chi connectivity index (χ3n) is 4.62. The van der Waals surface area contributed by atoms with Crippen molar-refractivity contribution in [1.82, 2.24) is 9.55 Å². The first-order chi connectivity index (χ1) is 14.5. The summed E-state index contributed by atoms with van der Waals surface area (Å²) in [7, 11) is 1.64. The quantitative estimate of drug-likeness (QED) is 0.381. The second-order valence-electron chi connectivity index (χ2n) is 6.68. The van der Waals surface area contributed by atoms with Crippen molar-refractivity contribution in [3.05, 3.63) is 101 Å². The largest absolute Gasteiger partial charge is 0.325 e. The normalized spacial score (nSPS) is 11.9. The minimum absolute atomic E-state index is 0.172. The highest BCUT2D eigenvalue weighted by molar-refractivity contribution is 8.00. The SMILES string of the molecule is Cn1c(SC(C(=O)Nc2ccc(F)cc2)c2ccccc2)nc2ccccc2c1=O. The van der Waals surface area contributed by atoms with Gasteiger partial charge >= 0.3 is 0 Å². The first-order valence-electron chi connectivity index (χ1n) is 9.27. The number of rotatable bonds is 5. The van der Waals surface area contributed by atoms with Crippen LogP contribution in [0.25, 0.3) is 10.9 Å². The standard InChI is InChI=1S/C23H18FN3O2S/c1-27-22(29)18-9-5-6-10-19(18)26-23(27)30-20(15-7-3-2-4-8-15)21(28)25-17-13-11-16(24)12-14-17/h2-14,20H,1H3,(H,25,28). The van der Waals surface area contributed by atoms with Gasteiger partial charge in [0.15, 0.2) is 5.16 Å². The molecular weight excluding hydrogens is 401 g/mol. The molecule has 0 aliphatic rings. The van der Waals surface area contributed by atoms with E-state index < -0.39 is 5.25 Å². The number of anilines is 1. The molecular formula is C23H18FN3O2S. The number of hydrogen-bond donors (Lipinski definition) is 1. The Bertz CT molecular complexity index is 1260. The number of hydrogen-bond acceptors (Lipinski definition) is 4. The summed E-state index contributed by atoms with van der Waals surface area (Å²) in [5.74, 6) is -0.669. The van der Waals surface area contributed by atoms with E-state index in [-0.39, 0.29) is 17.3 Å². The fourth-order valence-corrected chi connectivity index (χ4v) is 4.11. The van der Waals surface area contributed by atoms with E-state index in [9.17, 15) is 14.0 Å². The highest BCUT2D eigenvalue weighted by atomic mass is 32.2. The summed E-state index contributed by atoms with van der Waals surface area (Å²) < 4.78 is 14.6. The molecule has 4 rings (SSSR count). The third kappa shape index (κ3) is 4.11. The minimum atomic E-state index is -0.657. The predicted molar refractivity (Wildman–Crippen MR) is 117 cm³/mol. The van der Waals surface area contributed by atoms with Crippen molar-refractivity contribution in [2.24, 2.45) is 7.05 Å². The van der Waals surface area contributed by atoms with Gasteiger partial charge in [-0.1, -0.05) is 54.2 Å². The summed E-state index contributed by atoms with van der Waals surface area (Å²) in [6, 6.07) is 22.0. The van der Waals surface area contributed by atoms with E-state index in [1.165, 1.54) is 40.6 Å². The molecule has 0 aliphatic heterocycles. The van der Waals surface area contributed by atoms with Crippen LogP contribution in [0.4, 0.5) is 10.1 Å². The van der Waals surface area contributed by atoms with Crippen molar-refractivity contribution in [1.29, 1.82) is 0 Å². The van der Waals surface area contributed by atoms with Gasteiger partial charge in [0.1, 0.15) is 11.1 Å². The Kier molecular flexibility index (Phi) is 5.63. The molecule has 0 fully saturated rings. The smallest absolute Gasteiger partial charge is 0.261 e. The number of nitrogens with zero attached hydrogens (tertiary/aromatic N) is 2. The average Bonchev–Trinajstić information content (AvgIpc) is 2.77. The van der Waals surface area contributed by atoms with E-state index in [1.807, 2.05) is 36.4 Å². The molecule has 0 bridgehead atoms. The van der Waals surface area contributed by atoms with E-state index in [2.05, 4.69) is 10.3 Å². The lowest BCUT2D eigenvalue weighted by Gasteiger charge is -2.18. The van der Waals surface area contributed by atoms with Gasteiger partial charge in [-0.15, -0.1) is 0 Å². The molecule has 4 aromatic rings. The average molecular weight is 419 g/mol. The van der Waals surface area contributed by atoms with Crippen molar-refractivity contribution in [2.45, 2.75) is 10.4 Å². The molecule has 1 heterocycles. The monoisotopic (exact) mass is 419 g/mol. The van der Waals surface area contributed by atoms with Gasteiger partial charge in [0, 0.05) is 12.7 Å². The minimum Gasteiger partial charge on any atom is -0.325 e. The van der Waals surface area contributed by atoms with Crippen molar-refractivity contribution in [3.63, 3.8) is 0 Å². The molecule has 1 unspecified atom stereocenters. The number of benzene rings is 3. The molecule has 1 aromatic heterocycles. The second-order valence-corrected chi connectivity index (χ2v) is 7.75. The number of carbonyl (C=O) groups excluding carboxylic acids is 1. The van der Waals surface area contributed by atoms with Crippen LogP contribution in [0.15, 0.2) is 88.8 Å². The Balaban J connectivity index is 1.71. The van der Waals surface area contributed by atoms with Gasteiger partial charge in [0.25, 0.3) is 5.56 Å². The molecule has 0 aliphatic carbocycles. The zero-order valence-corrected chi connectivity index (χ0v) is 16.9. The first kappa shape index (κ1) is 19.8. The zero-order valence-electron chi connectivity index (χ0n) is 16.1. The number of thioether (sulfide) groups is 1. The molecule has 150 valence electrons. The fraction of sp³-hybridized carbons (Fsp3) is 0.0870. The van der Waals surface area contributed by atoms with Crippen LogP contribution >= 0.6 is 11.8 Å². The lowest BCUT2D eigenvalue weighted by Crippen LogP contribution is -2.23. The summed E-state index contributed by atoms with van der Waals surface area (Å²) in [5, 5.41) is 3.12. The maximum absolute atomic E-state index is 13.2. The van der Waals surface area contributed by atoms with Crippen LogP contribution in [0, 0.1) is 5.82 Å². The van der Waals surface area contributed by atoms with Crippen LogP contribution in [0.1, 0.15) is 10.8 Å². The maximum Gasteiger partial charge on any atom is 0.261 e. The molecule has 3 aromatic carbocycles. The Morgan fingerprint density at radius 3 is 2.40 bits per heavy atom.